The van der Waals surface area contributed by atoms with Crippen molar-refractivity contribution in [1.29, 1.82) is 0 Å². The van der Waals surface area contributed by atoms with Crippen molar-refractivity contribution in [3.8, 4) is 5.75 Å². The topological polar surface area (TPSA) is 72.2 Å². The molecule has 0 bridgehead atoms. The van der Waals surface area contributed by atoms with Crippen LogP contribution in [0.1, 0.15) is 17.4 Å². The molecule has 1 aromatic heterocycles. The third-order valence-electron chi connectivity index (χ3n) is 4.40. The maximum absolute atomic E-state index is 13.1. The lowest BCUT2D eigenvalue weighted by atomic mass is 10.0. The van der Waals surface area contributed by atoms with Crippen molar-refractivity contribution in [3.63, 3.8) is 0 Å². The van der Waals surface area contributed by atoms with Crippen LogP contribution in [0.3, 0.4) is 0 Å². The van der Waals surface area contributed by atoms with Crippen molar-refractivity contribution in [1.82, 2.24) is 9.37 Å². The molecule has 1 aliphatic heterocycles. The Bertz CT molecular complexity index is 806. The minimum absolute atomic E-state index is 0.100. The molecule has 8 heteroatoms. The molecule has 0 aliphatic carbocycles. The third kappa shape index (κ3) is 3.57. The van der Waals surface area contributed by atoms with Crippen LogP contribution < -0.4 is 4.74 Å². The van der Waals surface area contributed by atoms with Gasteiger partial charge in [0.05, 0.1) is 32.6 Å². The zero-order valence-electron chi connectivity index (χ0n) is 14.5. The summed E-state index contributed by atoms with van der Waals surface area (Å²) in [5.41, 5.74) is 0.833. The van der Waals surface area contributed by atoms with Crippen LogP contribution in [0, 0.1) is 0 Å². The number of nitrogens with zero attached hydrogens (tertiary/aromatic N) is 2. The van der Waals surface area contributed by atoms with Gasteiger partial charge in [0.15, 0.2) is 0 Å². The summed E-state index contributed by atoms with van der Waals surface area (Å²) in [7, 11) is 1.28. The number of rotatable bonds is 6. The summed E-state index contributed by atoms with van der Waals surface area (Å²) >= 11 is 0. The predicted molar refractivity (Wildman–Crippen MR) is 92.3 cm³/mol. The first-order chi connectivity index (χ1) is 11.9. The number of methoxy groups -OCH3 is 1. The SMILES string of the molecule is COc1cccc(C2C(S(=O)(=O)N(C)Cc3ccco3)CON2C)c1. The number of ether oxygens (including phenoxy) is 1. The minimum atomic E-state index is -3.60. The van der Waals surface area contributed by atoms with Crippen molar-refractivity contribution in [2.24, 2.45) is 0 Å². The van der Waals surface area contributed by atoms with Crippen LogP contribution in [0.25, 0.3) is 0 Å². The second kappa shape index (κ2) is 7.17. The van der Waals surface area contributed by atoms with Gasteiger partial charge in [-0.15, -0.1) is 0 Å². The highest BCUT2D eigenvalue weighted by molar-refractivity contribution is 7.89. The van der Waals surface area contributed by atoms with Crippen molar-refractivity contribution in [2.75, 3.05) is 27.8 Å². The smallest absolute Gasteiger partial charge is 0.221 e. The highest BCUT2D eigenvalue weighted by atomic mass is 32.2. The van der Waals surface area contributed by atoms with Gasteiger partial charge in [0.1, 0.15) is 16.8 Å². The van der Waals surface area contributed by atoms with Crippen LogP contribution in [-0.4, -0.2) is 50.8 Å². The van der Waals surface area contributed by atoms with Crippen molar-refractivity contribution in [2.45, 2.75) is 17.8 Å². The average Bonchev–Trinajstić information content (AvgIpc) is 3.24. The Morgan fingerprint density at radius 3 is 2.80 bits per heavy atom. The van der Waals surface area contributed by atoms with Gasteiger partial charge in [-0.3, -0.25) is 4.84 Å². The van der Waals surface area contributed by atoms with E-state index >= 15 is 0 Å². The summed E-state index contributed by atoms with van der Waals surface area (Å²) in [5, 5.41) is 0.877. The number of hydroxylamine groups is 2. The molecule has 0 radical (unpaired) electrons. The van der Waals surface area contributed by atoms with Crippen LogP contribution in [0.4, 0.5) is 0 Å². The van der Waals surface area contributed by atoms with Gasteiger partial charge >= 0.3 is 0 Å². The fourth-order valence-corrected chi connectivity index (χ4v) is 4.70. The molecule has 1 saturated heterocycles. The van der Waals surface area contributed by atoms with Crippen LogP contribution in [0.15, 0.2) is 47.1 Å². The lowest BCUT2D eigenvalue weighted by Crippen LogP contribution is -2.40. The van der Waals surface area contributed by atoms with Gasteiger partial charge in [-0.1, -0.05) is 12.1 Å². The van der Waals surface area contributed by atoms with Gasteiger partial charge in [-0.2, -0.15) is 9.37 Å². The molecular weight excluding hydrogens is 344 g/mol. The van der Waals surface area contributed by atoms with Crippen LogP contribution in [0.5, 0.6) is 5.75 Å². The number of furan rings is 1. The van der Waals surface area contributed by atoms with E-state index < -0.39 is 21.3 Å². The maximum atomic E-state index is 13.1. The number of benzene rings is 1. The van der Waals surface area contributed by atoms with E-state index in [4.69, 9.17) is 14.0 Å². The zero-order chi connectivity index (χ0) is 18.0. The Labute approximate surface area is 147 Å². The summed E-state index contributed by atoms with van der Waals surface area (Å²) in [6.45, 7) is 0.281. The van der Waals surface area contributed by atoms with Gasteiger partial charge in [0.25, 0.3) is 0 Å². The summed E-state index contributed by atoms with van der Waals surface area (Å²) < 4.78 is 38.0. The maximum Gasteiger partial charge on any atom is 0.221 e. The standard InChI is InChI=1S/C17H22N2O5S/c1-18(11-15-8-5-9-23-15)25(20,21)16-12-24-19(2)17(16)13-6-4-7-14(10-13)22-3/h4-10,16-17H,11-12H2,1-3H3. The lowest BCUT2D eigenvalue weighted by molar-refractivity contribution is -0.110. The Hall–Kier alpha value is -1.87. The van der Waals surface area contributed by atoms with Gasteiger partial charge in [0, 0.05) is 14.1 Å². The molecule has 7 nitrogen and oxygen atoms in total. The third-order valence-corrected chi connectivity index (χ3v) is 6.55. The molecule has 0 N–H and O–H groups in total. The molecule has 2 atom stereocenters. The van der Waals surface area contributed by atoms with Gasteiger partial charge in [-0.05, 0) is 29.8 Å². The lowest BCUT2D eigenvalue weighted by Gasteiger charge is -2.26. The van der Waals surface area contributed by atoms with Crippen LogP contribution in [-0.2, 0) is 21.4 Å². The monoisotopic (exact) mass is 366 g/mol. The van der Waals surface area contributed by atoms with E-state index in [9.17, 15) is 8.42 Å². The normalized spacial score (nSPS) is 21.8. The Morgan fingerprint density at radius 1 is 1.32 bits per heavy atom. The van der Waals surface area contributed by atoms with E-state index in [2.05, 4.69) is 0 Å². The first-order valence-electron chi connectivity index (χ1n) is 7.90. The molecule has 1 fully saturated rings. The highest BCUT2D eigenvalue weighted by Crippen LogP contribution is 2.36. The summed E-state index contributed by atoms with van der Waals surface area (Å²) in [6.07, 6.45) is 1.53. The number of sulfonamides is 1. The Balaban J connectivity index is 1.88. The second-order valence-electron chi connectivity index (χ2n) is 5.98. The Morgan fingerprint density at radius 2 is 2.12 bits per heavy atom. The molecule has 1 aliphatic rings. The second-order valence-corrected chi connectivity index (χ2v) is 8.24. The van der Waals surface area contributed by atoms with Gasteiger partial charge in [-0.25, -0.2) is 8.42 Å². The Kier molecular flexibility index (Phi) is 5.14. The van der Waals surface area contributed by atoms with E-state index in [1.165, 1.54) is 10.6 Å². The number of hydrogen-bond acceptors (Lipinski definition) is 6. The molecule has 0 spiro atoms. The molecule has 136 valence electrons. The first kappa shape index (κ1) is 17.9. The molecule has 2 heterocycles. The van der Waals surface area contributed by atoms with E-state index in [1.807, 2.05) is 24.3 Å². The molecule has 0 amide bonds. The molecule has 25 heavy (non-hydrogen) atoms. The molecule has 0 saturated carbocycles. The first-order valence-corrected chi connectivity index (χ1v) is 9.41. The molecule has 1 aromatic carbocycles. The fraction of sp³-hybridized carbons (Fsp3) is 0.412. The van der Waals surface area contributed by atoms with Crippen molar-refractivity contribution < 1.29 is 22.4 Å². The van der Waals surface area contributed by atoms with E-state index in [-0.39, 0.29) is 13.2 Å². The molecule has 2 aromatic rings. The fourth-order valence-electron chi connectivity index (χ4n) is 3.04. The summed E-state index contributed by atoms with van der Waals surface area (Å²) in [4.78, 5) is 5.54. The largest absolute Gasteiger partial charge is 0.497 e. The van der Waals surface area contributed by atoms with Gasteiger partial charge in [0.2, 0.25) is 10.0 Å². The van der Waals surface area contributed by atoms with Gasteiger partial charge < -0.3 is 9.15 Å². The number of hydrogen-bond donors (Lipinski definition) is 0. The van der Waals surface area contributed by atoms with E-state index in [0.29, 0.717) is 11.5 Å². The zero-order valence-corrected chi connectivity index (χ0v) is 15.3. The van der Waals surface area contributed by atoms with E-state index in [0.717, 1.165) is 5.56 Å². The van der Waals surface area contributed by atoms with Crippen molar-refractivity contribution >= 4 is 10.0 Å². The average molecular weight is 366 g/mol. The summed E-state index contributed by atoms with van der Waals surface area (Å²) in [6, 6.07) is 10.5. The molecular formula is C17H22N2O5S. The molecule has 3 rings (SSSR count). The van der Waals surface area contributed by atoms with E-state index in [1.54, 1.807) is 38.4 Å². The highest BCUT2D eigenvalue weighted by Gasteiger charge is 2.45. The van der Waals surface area contributed by atoms with Crippen LogP contribution in [0.2, 0.25) is 0 Å². The predicted octanol–water partition coefficient (Wildman–Crippen LogP) is 2.04. The van der Waals surface area contributed by atoms with Crippen LogP contribution >= 0.6 is 0 Å². The quantitative estimate of drug-likeness (QED) is 0.779. The van der Waals surface area contributed by atoms with Crippen molar-refractivity contribution in [3.05, 3.63) is 54.0 Å². The summed E-state index contributed by atoms with van der Waals surface area (Å²) in [5.74, 6) is 1.27. The molecule has 2 unspecified atom stereocenters. The minimum Gasteiger partial charge on any atom is -0.497 e.